The highest BCUT2D eigenvalue weighted by Gasteiger charge is 2.45. The zero-order chi connectivity index (χ0) is 21.7. The van der Waals surface area contributed by atoms with Crippen molar-refractivity contribution < 1.29 is 29.7 Å². The van der Waals surface area contributed by atoms with Crippen LogP contribution >= 0.6 is 0 Å². The number of aliphatic carboxylic acids is 1. The number of phenolic OH excluding ortho intramolecular Hbond substituents is 1. The number of carboxylic acids is 1. The Hall–Kier alpha value is -3.61. The molecule has 2 aromatic carbocycles. The summed E-state index contributed by atoms with van der Waals surface area (Å²) in [6.07, 6.45) is 1.41. The summed E-state index contributed by atoms with van der Waals surface area (Å²) in [6, 6.07) is 13.8. The number of hydrogen-bond acceptors (Lipinski definition) is 6. The summed E-state index contributed by atoms with van der Waals surface area (Å²) >= 11 is 0. The second kappa shape index (κ2) is 9.26. The zero-order valence-electron chi connectivity index (χ0n) is 16.3. The fourth-order valence-electron chi connectivity index (χ4n) is 3.59. The van der Waals surface area contributed by atoms with Crippen LogP contribution in [0.3, 0.4) is 0 Å². The molecule has 1 saturated heterocycles. The Labute approximate surface area is 173 Å². The molecule has 2 aromatic rings. The fraction of sp³-hybridized carbons (Fsp3) is 0.261. The lowest BCUT2D eigenvalue weighted by Crippen LogP contribution is -2.30. The number of nitrogens with zero attached hydrogens (tertiary/aromatic N) is 1. The standard InChI is InChI=1S/C23H23NO6/c25-17-12-10-15(11-13-17)20-19(21(28)16-7-3-1-4-8-16)22(29)23(30)24(20)14-6-2-5-9-18(26)27/h1,3-4,7-8,10-13,20,25,28H,2,5-6,9,14H2,(H,26,27)/p-1/t20-/m1/s1. The molecule has 0 bridgehead atoms. The monoisotopic (exact) mass is 408 g/mol. The lowest BCUT2D eigenvalue weighted by Gasteiger charge is -2.25. The third kappa shape index (κ3) is 4.51. The summed E-state index contributed by atoms with van der Waals surface area (Å²) in [5, 5.41) is 31.0. The maximum Gasteiger partial charge on any atom is 0.295 e. The first-order valence-electron chi connectivity index (χ1n) is 9.72. The summed E-state index contributed by atoms with van der Waals surface area (Å²) in [5.74, 6) is -2.83. The zero-order valence-corrected chi connectivity index (χ0v) is 16.3. The van der Waals surface area contributed by atoms with Crippen molar-refractivity contribution in [1.29, 1.82) is 0 Å². The van der Waals surface area contributed by atoms with Crippen molar-refractivity contribution in [3.05, 3.63) is 71.3 Å². The van der Waals surface area contributed by atoms with Gasteiger partial charge in [0.1, 0.15) is 11.5 Å². The Morgan fingerprint density at radius 2 is 1.63 bits per heavy atom. The predicted octanol–water partition coefficient (Wildman–Crippen LogP) is 2.12. The number of carboxylic acid groups (broad SMARTS) is 1. The van der Waals surface area contributed by atoms with Crippen LogP contribution in [0.15, 0.2) is 60.2 Å². The molecule has 1 aliphatic heterocycles. The second-order valence-electron chi connectivity index (χ2n) is 7.13. The maximum atomic E-state index is 12.8. The smallest absolute Gasteiger partial charge is 0.295 e. The van der Waals surface area contributed by atoms with Gasteiger partial charge in [0.25, 0.3) is 11.7 Å². The van der Waals surface area contributed by atoms with E-state index in [-0.39, 0.29) is 30.0 Å². The van der Waals surface area contributed by atoms with Crippen molar-refractivity contribution in [3.63, 3.8) is 0 Å². The third-order valence-corrected chi connectivity index (χ3v) is 5.08. The van der Waals surface area contributed by atoms with Crippen LogP contribution in [0, 0.1) is 0 Å². The van der Waals surface area contributed by atoms with Gasteiger partial charge in [-0.15, -0.1) is 0 Å². The van der Waals surface area contributed by atoms with E-state index in [4.69, 9.17) is 0 Å². The number of carbonyl (C=O) groups excluding carboxylic acids is 3. The van der Waals surface area contributed by atoms with Crippen molar-refractivity contribution in [2.24, 2.45) is 0 Å². The third-order valence-electron chi connectivity index (χ3n) is 5.08. The molecule has 156 valence electrons. The molecule has 3 rings (SSSR count). The highest BCUT2D eigenvalue weighted by Crippen LogP contribution is 2.39. The number of carbonyl (C=O) groups is 3. The van der Waals surface area contributed by atoms with Gasteiger partial charge in [0.2, 0.25) is 0 Å². The molecule has 0 aliphatic carbocycles. The number of benzene rings is 2. The van der Waals surface area contributed by atoms with E-state index in [0.29, 0.717) is 30.4 Å². The minimum absolute atomic E-state index is 0.00775. The Morgan fingerprint density at radius 3 is 2.27 bits per heavy atom. The predicted molar refractivity (Wildman–Crippen MR) is 107 cm³/mol. The Balaban J connectivity index is 1.95. The van der Waals surface area contributed by atoms with Crippen molar-refractivity contribution >= 4 is 23.4 Å². The number of hydrogen-bond donors (Lipinski definition) is 2. The average molecular weight is 408 g/mol. The molecule has 1 fully saturated rings. The number of ketones is 1. The fourth-order valence-corrected chi connectivity index (χ4v) is 3.59. The number of aromatic hydroxyl groups is 1. The number of unbranched alkanes of at least 4 members (excludes halogenated alkanes) is 2. The molecule has 7 heteroatoms. The molecule has 1 aliphatic rings. The van der Waals surface area contributed by atoms with Crippen LogP contribution in [0.4, 0.5) is 0 Å². The van der Waals surface area contributed by atoms with Crippen LogP contribution in [0.25, 0.3) is 5.76 Å². The van der Waals surface area contributed by atoms with Gasteiger partial charge in [0.15, 0.2) is 0 Å². The lowest BCUT2D eigenvalue weighted by molar-refractivity contribution is -0.305. The van der Waals surface area contributed by atoms with E-state index in [1.54, 1.807) is 42.5 Å². The Kier molecular flexibility index (Phi) is 6.51. The largest absolute Gasteiger partial charge is 0.550 e. The van der Waals surface area contributed by atoms with Gasteiger partial charge in [-0.3, -0.25) is 9.59 Å². The van der Waals surface area contributed by atoms with Crippen LogP contribution in [0.1, 0.15) is 42.9 Å². The summed E-state index contributed by atoms with van der Waals surface area (Å²) < 4.78 is 0. The van der Waals surface area contributed by atoms with Crippen LogP contribution in [0.2, 0.25) is 0 Å². The van der Waals surface area contributed by atoms with Crippen LogP contribution in [-0.2, 0) is 14.4 Å². The number of amides is 1. The number of phenols is 1. The molecule has 30 heavy (non-hydrogen) atoms. The van der Waals surface area contributed by atoms with Crippen molar-refractivity contribution in [2.75, 3.05) is 6.54 Å². The van der Waals surface area contributed by atoms with E-state index in [0.717, 1.165) is 0 Å². The summed E-state index contributed by atoms with van der Waals surface area (Å²) in [7, 11) is 0. The minimum Gasteiger partial charge on any atom is -0.550 e. The van der Waals surface area contributed by atoms with E-state index in [2.05, 4.69) is 0 Å². The SMILES string of the molecule is O=C([O-])CCCCCN1C(=O)C(=O)C(=C(O)c2ccccc2)[C@H]1c1ccc(O)cc1. The quantitative estimate of drug-likeness (QED) is 0.299. The Morgan fingerprint density at radius 1 is 0.967 bits per heavy atom. The molecule has 0 unspecified atom stereocenters. The molecule has 1 heterocycles. The van der Waals surface area contributed by atoms with E-state index >= 15 is 0 Å². The molecular weight excluding hydrogens is 386 g/mol. The van der Waals surface area contributed by atoms with Crippen LogP contribution in [0.5, 0.6) is 5.75 Å². The highest BCUT2D eigenvalue weighted by atomic mass is 16.4. The average Bonchev–Trinajstić information content (AvgIpc) is 2.99. The number of aliphatic hydroxyl groups excluding tert-OH is 1. The summed E-state index contributed by atoms with van der Waals surface area (Å²) in [4.78, 5) is 37.5. The maximum absolute atomic E-state index is 12.8. The summed E-state index contributed by atoms with van der Waals surface area (Å²) in [5.41, 5.74) is 0.999. The van der Waals surface area contributed by atoms with Gasteiger partial charge >= 0.3 is 0 Å². The van der Waals surface area contributed by atoms with E-state index < -0.39 is 23.7 Å². The molecular formula is C23H22NO6-. The van der Waals surface area contributed by atoms with E-state index in [1.165, 1.54) is 17.0 Å². The van der Waals surface area contributed by atoms with Crippen molar-refractivity contribution in [3.8, 4) is 5.75 Å². The molecule has 2 N–H and O–H groups in total. The molecule has 7 nitrogen and oxygen atoms in total. The van der Waals surface area contributed by atoms with Gasteiger partial charge in [-0.1, -0.05) is 48.9 Å². The van der Waals surface area contributed by atoms with Crippen molar-refractivity contribution in [1.82, 2.24) is 4.90 Å². The molecule has 0 radical (unpaired) electrons. The molecule has 1 amide bonds. The topological polar surface area (TPSA) is 118 Å². The normalized spacial score (nSPS) is 18.0. The van der Waals surface area contributed by atoms with Gasteiger partial charge in [-0.2, -0.15) is 0 Å². The number of Topliss-reactive ketones (excluding diaryl/α,β-unsaturated/α-hetero) is 1. The van der Waals surface area contributed by atoms with Crippen LogP contribution in [-0.4, -0.2) is 39.3 Å². The van der Waals surface area contributed by atoms with Crippen LogP contribution < -0.4 is 5.11 Å². The number of aliphatic hydroxyl groups is 1. The minimum atomic E-state index is -1.12. The first kappa shape index (κ1) is 21.1. The highest BCUT2D eigenvalue weighted by molar-refractivity contribution is 6.46. The van der Waals surface area contributed by atoms with Gasteiger partial charge in [0.05, 0.1) is 11.6 Å². The molecule has 0 aromatic heterocycles. The molecule has 0 spiro atoms. The van der Waals surface area contributed by atoms with Gasteiger partial charge in [0, 0.05) is 18.1 Å². The van der Waals surface area contributed by atoms with Gasteiger partial charge in [-0.25, -0.2) is 0 Å². The number of likely N-dealkylation sites (tertiary alicyclic amines) is 1. The Bertz CT molecular complexity index is 965. The summed E-state index contributed by atoms with van der Waals surface area (Å²) in [6.45, 7) is 0.231. The van der Waals surface area contributed by atoms with E-state index in [9.17, 15) is 29.7 Å². The lowest BCUT2D eigenvalue weighted by atomic mass is 9.95. The molecule has 0 saturated carbocycles. The molecule has 1 atom stereocenters. The first-order valence-corrected chi connectivity index (χ1v) is 9.72. The van der Waals surface area contributed by atoms with Crippen molar-refractivity contribution in [2.45, 2.75) is 31.7 Å². The van der Waals surface area contributed by atoms with Gasteiger partial charge < -0.3 is 25.0 Å². The van der Waals surface area contributed by atoms with E-state index in [1.807, 2.05) is 0 Å². The van der Waals surface area contributed by atoms with Gasteiger partial charge in [-0.05, 0) is 37.0 Å². The first-order chi connectivity index (χ1) is 14.4. The number of rotatable bonds is 8. The second-order valence-corrected chi connectivity index (χ2v) is 7.13.